The lowest BCUT2D eigenvalue weighted by Gasteiger charge is -2.44. The molecule has 3 aliphatic rings. The number of methoxy groups -OCH3 is 2. The highest BCUT2D eigenvalue weighted by molar-refractivity contribution is 6.35. The fourth-order valence-corrected chi connectivity index (χ4v) is 7.32. The Balaban J connectivity index is 0.00000523. The maximum atomic E-state index is 14.9. The third-order valence-corrected chi connectivity index (χ3v) is 10.3. The van der Waals surface area contributed by atoms with E-state index in [1.54, 1.807) is 55.9 Å². The largest absolute Gasteiger partial charge is 0.870 e. The standard InChI is InChI=1S/C39H40Cl2FN3O6.H2O/c1-48-33-12-11-27(18-35(33)49-2)34(19-29-30(40)21-43-22-31(29)41)50-37(46)17-24-7-9-25(10-8-24)20-44-38(28-5-3-4-6-32(28)42)39(47)51-36-23-45-15-13-26(36)14-16-45;/h3-12,18,21-22,26,34,36,38,44H,13-17,19-20,23H2,1-2H3;1H2/t34-,36-,38?;/m0./s1. The highest BCUT2D eigenvalue weighted by Crippen LogP contribution is 2.35. The lowest BCUT2D eigenvalue weighted by Crippen LogP contribution is -2.52. The van der Waals surface area contributed by atoms with Gasteiger partial charge in [0.1, 0.15) is 34.1 Å². The van der Waals surface area contributed by atoms with Gasteiger partial charge in [0.15, 0.2) is 23.9 Å². The van der Waals surface area contributed by atoms with Gasteiger partial charge in [0, 0.05) is 30.6 Å². The van der Waals surface area contributed by atoms with Crippen molar-refractivity contribution in [1.82, 2.24) is 10.2 Å². The van der Waals surface area contributed by atoms with E-state index in [0.717, 1.165) is 37.1 Å². The van der Waals surface area contributed by atoms with Crippen molar-refractivity contribution < 1.29 is 43.4 Å². The van der Waals surface area contributed by atoms with Crippen LogP contribution >= 0.6 is 23.2 Å². The van der Waals surface area contributed by atoms with Gasteiger partial charge in [0.2, 0.25) is 0 Å². The number of pyridine rings is 1. The van der Waals surface area contributed by atoms with Gasteiger partial charge < -0.3 is 24.4 Å². The van der Waals surface area contributed by atoms with Crippen molar-refractivity contribution in [3.8, 4) is 11.5 Å². The zero-order valence-electron chi connectivity index (χ0n) is 28.9. The predicted octanol–water partition coefficient (Wildman–Crippen LogP) is 6.33. The number of ether oxygens (including phenoxy) is 4. The van der Waals surface area contributed by atoms with E-state index < -0.39 is 29.9 Å². The maximum Gasteiger partial charge on any atom is 0.328 e. The molecule has 0 aliphatic carbocycles. The Morgan fingerprint density at radius 1 is 0.942 bits per heavy atom. The third-order valence-electron chi connectivity index (χ3n) is 9.64. The summed E-state index contributed by atoms with van der Waals surface area (Å²) in [5.41, 5.74) is 3.12. The van der Waals surface area contributed by atoms with Gasteiger partial charge in [-0.15, -0.1) is 0 Å². The van der Waals surface area contributed by atoms with Crippen molar-refractivity contribution in [3.05, 3.63) is 123 Å². The second-order valence-corrected chi connectivity index (χ2v) is 13.7. The number of aromatic amines is 1. The molecule has 276 valence electrons. The smallest absolute Gasteiger partial charge is 0.328 e. The molecule has 3 fully saturated rings. The van der Waals surface area contributed by atoms with Gasteiger partial charge in [-0.2, -0.15) is 0 Å². The van der Waals surface area contributed by atoms with Gasteiger partial charge in [-0.05, 0) is 66.7 Å². The number of nitrogens with zero attached hydrogens (tertiary/aromatic N) is 1. The molecule has 4 aromatic rings. The molecule has 2 bridgehead atoms. The Morgan fingerprint density at radius 2 is 1.62 bits per heavy atom. The van der Waals surface area contributed by atoms with Crippen LogP contribution in [0.1, 0.15) is 52.8 Å². The minimum absolute atomic E-state index is 0. The zero-order valence-corrected chi connectivity index (χ0v) is 30.5. The highest BCUT2D eigenvalue weighted by Gasteiger charge is 2.38. The molecule has 7 rings (SSSR count). The van der Waals surface area contributed by atoms with Gasteiger partial charge in [0.05, 0.1) is 20.6 Å². The fraction of sp³-hybridized carbons (Fsp3) is 0.359. The van der Waals surface area contributed by atoms with E-state index in [1.165, 1.54) is 13.2 Å². The number of aromatic nitrogens is 1. The number of piperidine rings is 3. The van der Waals surface area contributed by atoms with E-state index in [4.69, 9.17) is 42.1 Å². The maximum absolute atomic E-state index is 14.9. The van der Waals surface area contributed by atoms with E-state index in [0.29, 0.717) is 45.1 Å². The first kappa shape index (κ1) is 39.0. The number of carbonyl (C=O) groups excluding carboxylic acids is 2. The quantitative estimate of drug-likeness (QED) is 0.147. The van der Waals surface area contributed by atoms with Crippen LogP contribution in [0.15, 0.2) is 79.1 Å². The normalized spacial score (nSPS) is 18.8. The summed E-state index contributed by atoms with van der Waals surface area (Å²) in [6.45, 7) is 3.04. The van der Waals surface area contributed by atoms with Crippen LogP contribution in [0, 0.1) is 11.7 Å². The predicted molar refractivity (Wildman–Crippen MR) is 192 cm³/mol. The van der Waals surface area contributed by atoms with Crippen LogP contribution in [0.4, 0.5) is 4.39 Å². The topological polar surface area (TPSA) is 130 Å². The minimum atomic E-state index is -0.977. The molecule has 3 N–H and O–H groups in total. The molecule has 4 heterocycles. The third kappa shape index (κ3) is 9.39. The van der Waals surface area contributed by atoms with E-state index >= 15 is 0 Å². The first-order valence-electron chi connectivity index (χ1n) is 17.0. The summed E-state index contributed by atoms with van der Waals surface area (Å²) in [4.78, 5) is 32.1. The van der Waals surface area contributed by atoms with Crippen molar-refractivity contribution in [2.24, 2.45) is 5.92 Å². The number of nitrogens with one attached hydrogen (secondary N) is 2. The number of hydrogen-bond donors (Lipinski definition) is 1. The van der Waals surface area contributed by atoms with E-state index in [9.17, 15) is 14.0 Å². The highest BCUT2D eigenvalue weighted by atomic mass is 35.5. The summed E-state index contributed by atoms with van der Waals surface area (Å²) in [6, 6.07) is 18.0. The van der Waals surface area contributed by atoms with Crippen molar-refractivity contribution in [2.75, 3.05) is 33.9 Å². The molecular weight excluding hydrogens is 712 g/mol. The van der Waals surface area contributed by atoms with Crippen molar-refractivity contribution in [3.63, 3.8) is 0 Å². The molecule has 1 aromatic heterocycles. The Bertz CT molecular complexity index is 1820. The van der Waals surface area contributed by atoms with Crippen LogP contribution in [0.25, 0.3) is 0 Å². The molecule has 3 aliphatic heterocycles. The number of halogens is 3. The van der Waals surface area contributed by atoms with E-state index in [-0.39, 0.29) is 36.5 Å². The molecule has 0 amide bonds. The van der Waals surface area contributed by atoms with Gasteiger partial charge in [-0.3, -0.25) is 15.0 Å². The van der Waals surface area contributed by atoms with Crippen LogP contribution in [0.3, 0.4) is 0 Å². The Labute approximate surface area is 312 Å². The molecule has 3 atom stereocenters. The molecule has 0 radical (unpaired) electrons. The number of rotatable bonds is 14. The number of fused-ring (bicyclic) bond motifs is 3. The monoisotopic (exact) mass is 753 g/mol. The van der Waals surface area contributed by atoms with Gasteiger partial charge in [0.25, 0.3) is 0 Å². The summed E-state index contributed by atoms with van der Waals surface area (Å²) in [5, 5.41) is 4.05. The van der Waals surface area contributed by atoms with Crippen molar-refractivity contribution in [2.45, 2.75) is 50.5 Å². The molecule has 0 spiro atoms. The number of esters is 2. The average Bonchev–Trinajstić information content (AvgIpc) is 3.14. The summed E-state index contributed by atoms with van der Waals surface area (Å²) in [6.07, 6.45) is 4.55. The van der Waals surface area contributed by atoms with Crippen LogP contribution in [-0.4, -0.2) is 62.3 Å². The molecule has 10 nitrogen and oxygen atoms in total. The lowest BCUT2D eigenvalue weighted by molar-refractivity contribution is -0.377. The second kappa shape index (κ2) is 18.0. The molecule has 0 saturated carbocycles. The zero-order chi connectivity index (χ0) is 35.9. The van der Waals surface area contributed by atoms with Crippen LogP contribution in [0.5, 0.6) is 11.5 Å². The number of benzene rings is 3. The van der Waals surface area contributed by atoms with Crippen molar-refractivity contribution in [1.29, 1.82) is 0 Å². The Hall–Kier alpha value is -4.26. The Kier molecular flexibility index (Phi) is 13.5. The summed E-state index contributed by atoms with van der Waals surface area (Å²) in [7, 11) is 3.08. The van der Waals surface area contributed by atoms with Crippen LogP contribution in [-0.2, 0) is 38.4 Å². The molecule has 1 unspecified atom stereocenters. The average molecular weight is 755 g/mol. The first-order valence-corrected chi connectivity index (χ1v) is 17.7. The van der Waals surface area contributed by atoms with Crippen LogP contribution < -0.4 is 19.8 Å². The molecule has 13 heteroatoms. The number of hydrogen-bond acceptors (Lipinski definition) is 9. The number of H-pyrrole nitrogens is 1. The van der Waals surface area contributed by atoms with E-state index in [1.807, 2.05) is 24.3 Å². The molecule has 52 heavy (non-hydrogen) atoms. The summed E-state index contributed by atoms with van der Waals surface area (Å²) >= 11 is 12.9. The summed E-state index contributed by atoms with van der Waals surface area (Å²) in [5.74, 6) is -0.0532. The summed E-state index contributed by atoms with van der Waals surface area (Å²) < 4.78 is 37.8. The Morgan fingerprint density at radius 3 is 2.25 bits per heavy atom. The van der Waals surface area contributed by atoms with Gasteiger partial charge >= 0.3 is 11.9 Å². The van der Waals surface area contributed by atoms with Gasteiger partial charge in [-0.1, -0.05) is 71.7 Å². The van der Waals surface area contributed by atoms with Crippen LogP contribution in [0.2, 0.25) is 10.0 Å². The molecular formula is C39H42Cl2FN3O7. The second-order valence-electron chi connectivity index (χ2n) is 12.9. The van der Waals surface area contributed by atoms with Gasteiger partial charge in [-0.25, -0.2) is 14.2 Å². The van der Waals surface area contributed by atoms with Crippen molar-refractivity contribution >= 4 is 35.1 Å². The first-order chi connectivity index (χ1) is 24.7. The SMILES string of the molecule is COc1ccc([C@H](Cc2c(Cl)c[nH+]cc2Cl)OC(=O)Cc2ccc(CNC(C(=O)O[C@H]3CN4CCC3CC4)c3ccccc3F)cc2)cc1OC.[OH-]. The molecule has 3 aromatic carbocycles. The minimum Gasteiger partial charge on any atom is -0.870 e. The molecule has 3 saturated heterocycles. The number of carbonyl (C=O) groups is 2. The fourth-order valence-electron chi connectivity index (χ4n) is 6.79. The lowest BCUT2D eigenvalue weighted by atomic mass is 9.86. The van der Waals surface area contributed by atoms with E-state index in [2.05, 4.69) is 15.2 Å².